The van der Waals surface area contributed by atoms with Crippen molar-refractivity contribution in [2.45, 2.75) is 12.1 Å². The highest BCUT2D eigenvalue weighted by Gasteiger charge is 2.40. The van der Waals surface area contributed by atoms with Crippen molar-refractivity contribution >= 4 is 0 Å². The molecular weight excluding hydrogens is 174 g/mol. The molecule has 1 aliphatic rings. The smallest absolute Gasteiger partial charge is 0.348 e. The lowest BCUT2D eigenvalue weighted by Gasteiger charge is -2.21. The molecule has 0 heterocycles. The van der Waals surface area contributed by atoms with Gasteiger partial charge in [-0.05, 0) is 0 Å². The van der Waals surface area contributed by atoms with Crippen molar-refractivity contribution in [2.24, 2.45) is 0 Å². The van der Waals surface area contributed by atoms with Gasteiger partial charge in [0.1, 0.15) is 0 Å². The number of nitrogens with zero attached hydrogens (tertiary/aromatic N) is 1. The Morgan fingerprint density at radius 1 is 1.62 bits per heavy atom. The molecule has 0 bridgehead atoms. The van der Waals surface area contributed by atoms with E-state index in [0.717, 1.165) is 0 Å². The number of allylic oxidation sites excluding steroid dienone is 2. The Bertz CT molecular complexity index is 249. The molecule has 5 nitrogen and oxygen atoms in total. The van der Waals surface area contributed by atoms with Crippen LogP contribution in [0, 0.1) is 10.1 Å². The van der Waals surface area contributed by atoms with Gasteiger partial charge >= 0.3 is 5.72 Å². The molecule has 13 heavy (non-hydrogen) atoms. The van der Waals surface area contributed by atoms with E-state index in [0.29, 0.717) is 0 Å². The van der Waals surface area contributed by atoms with Gasteiger partial charge in [-0.1, -0.05) is 18.2 Å². The molecule has 1 unspecified atom stereocenters. The molecule has 0 aromatic carbocycles. The van der Waals surface area contributed by atoms with E-state index in [4.69, 9.17) is 9.84 Å². The number of nitro groups is 1. The van der Waals surface area contributed by atoms with Crippen molar-refractivity contribution in [3.63, 3.8) is 0 Å². The van der Waals surface area contributed by atoms with Crippen LogP contribution in [0.25, 0.3) is 0 Å². The lowest BCUT2D eigenvalue weighted by atomic mass is 10.1. The van der Waals surface area contributed by atoms with Gasteiger partial charge in [0.05, 0.1) is 24.6 Å². The summed E-state index contributed by atoms with van der Waals surface area (Å²) in [4.78, 5) is 10.2. The predicted octanol–water partition coefficient (Wildman–Crippen LogP) is 0.484. The zero-order valence-electron chi connectivity index (χ0n) is 7.05. The van der Waals surface area contributed by atoms with E-state index in [9.17, 15) is 10.1 Å². The van der Waals surface area contributed by atoms with Crippen LogP contribution >= 0.6 is 0 Å². The maximum Gasteiger partial charge on any atom is 0.348 e. The minimum absolute atomic E-state index is 0.0286. The fourth-order valence-corrected chi connectivity index (χ4v) is 1.11. The second-order valence-corrected chi connectivity index (χ2v) is 2.67. The summed E-state index contributed by atoms with van der Waals surface area (Å²) in [6.07, 6.45) is 6.56. The molecule has 1 aliphatic carbocycles. The van der Waals surface area contributed by atoms with Crippen molar-refractivity contribution in [3.8, 4) is 0 Å². The number of hydrogen-bond acceptors (Lipinski definition) is 4. The number of aliphatic hydroxyl groups excluding tert-OH is 1. The Morgan fingerprint density at radius 2 is 2.38 bits per heavy atom. The van der Waals surface area contributed by atoms with Gasteiger partial charge in [0.25, 0.3) is 0 Å². The summed E-state index contributed by atoms with van der Waals surface area (Å²) in [6.45, 7) is -0.244. The third-order valence-electron chi connectivity index (χ3n) is 1.77. The van der Waals surface area contributed by atoms with Gasteiger partial charge in [-0.3, -0.25) is 10.1 Å². The molecule has 0 aromatic heterocycles. The molecule has 0 saturated carbocycles. The average Bonchev–Trinajstić information content (AvgIpc) is 2.16. The van der Waals surface area contributed by atoms with Crippen molar-refractivity contribution in [1.29, 1.82) is 0 Å². The monoisotopic (exact) mass is 185 g/mol. The Balaban J connectivity index is 2.70. The first-order chi connectivity index (χ1) is 6.21. The van der Waals surface area contributed by atoms with Gasteiger partial charge in [-0.2, -0.15) is 0 Å². The molecule has 72 valence electrons. The Hall–Kier alpha value is -1.20. The number of ether oxygens (including phenoxy) is 1. The van der Waals surface area contributed by atoms with Gasteiger partial charge < -0.3 is 9.84 Å². The summed E-state index contributed by atoms with van der Waals surface area (Å²) < 4.78 is 4.99. The fourth-order valence-electron chi connectivity index (χ4n) is 1.11. The first-order valence-corrected chi connectivity index (χ1v) is 3.95. The largest absolute Gasteiger partial charge is 0.394 e. The highest BCUT2D eigenvalue weighted by molar-refractivity contribution is 5.15. The quantitative estimate of drug-likeness (QED) is 0.393. The van der Waals surface area contributed by atoms with E-state index in [1.54, 1.807) is 18.2 Å². The van der Waals surface area contributed by atoms with Crippen LogP contribution in [0.1, 0.15) is 6.42 Å². The van der Waals surface area contributed by atoms with Crippen LogP contribution in [0.4, 0.5) is 0 Å². The molecule has 0 aliphatic heterocycles. The molecule has 1 atom stereocenters. The number of aliphatic hydroxyl groups is 1. The Kier molecular flexibility index (Phi) is 3.16. The summed E-state index contributed by atoms with van der Waals surface area (Å²) in [5.41, 5.74) is -1.47. The zero-order valence-corrected chi connectivity index (χ0v) is 7.05. The van der Waals surface area contributed by atoms with E-state index in [1.807, 2.05) is 0 Å². The molecule has 0 aromatic rings. The molecule has 1 N–H and O–H groups in total. The molecule has 0 radical (unpaired) electrons. The third kappa shape index (κ3) is 2.13. The van der Waals surface area contributed by atoms with Crippen molar-refractivity contribution in [2.75, 3.05) is 13.2 Å². The summed E-state index contributed by atoms with van der Waals surface area (Å²) in [7, 11) is 0. The third-order valence-corrected chi connectivity index (χ3v) is 1.77. The van der Waals surface area contributed by atoms with Crippen molar-refractivity contribution in [3.05, 3.63) is 34.4 Å². The van der Waals surface area contributed by atoms with Gasteiger partial charge in [0.2, 0.25) is 0 Å². The molecule has 0 spiro atoms. The van der Waals surface area contributed by atoms with Crippen LogP contribution in [0.2, 0.25) is 0 Å². The van der Waals surface area contributed by atoms with Gasteiger partial charge in [-0.15, -0.1) is 0 Å². The van der Waals surface area contributed by atoms with Crippen molar-refractivity contribution in [1.82, 2.24) is 0 Å². The highest BCUT2D eigenvalue weighted by atomic mass is 16.7. The van der Waals surface area contributed by atoms with Gasteiger partial charge in [0.15, 0.2) is 0 Å². The van der Waals surface area contributed by atoms with E-state index in [1.165, 1.54) is 6.08 Å². The molecule has 0 fully saturated rings. The maximum absolute atomic E-state index is 10.7. The first-order valence-electron chi connectivity index (χ1n) is 3.95. The summed E-state index contributed by atoms with van der Waals surface area (Å²) >= 11 is 0. The van der Waals surface area contributed by atoms with Crippen molar-refractivity contribution < 1.29 is 14.8 Å². The average molecular weight is 185 g/mol. The summed E-state index contributed by atoms with van der Waals surface area (Å²) in [6, 6.07) is 0. The van der Waals surface area contributed by atoms with Gasteiger partial charge in [-0.25, -0.2) is 0 Å². The zero-order chi connectivity index (χ0) is 9.73. The Morgan fingerprint density at radius 3 is 2.85 bits per heavy atom. The SMILES string of the molecule is O=[N+]([O-])C1(OCCO)C=CC=CC1. The highest BCUT2D eigenvalue weighted by Crippen LogP contribution is 2.22. The molecule has 0 amide bonds. The van der Waals surface area contributed by atoms with E-state index in [2.05, 4.69) is 0 Å². The Labute approximate surface area is 75.5 Å². The number of rotatable bonds is 4. The molecule has 1 rings (SSSR count). The summed E-state index contributed by atoms with van der Waals surface area (Å²) in [5.74, 6) is 0. The minimum atomic E-state index is -1.47. The minimum Gasteiger partial charge on any atom is -0.394 e. The van der Waals surface area contributed by atoms with Gasteiger partial charge in [0, 0.05) is 6.08 Å². The molecule has 5 heteroatoms. The molecular formula is C8H11NO4. The second kappa shape index (κ2) is 4.15. The second-order valence-electron chi connectivity index (χ2n) is 2.67. The normalized spacial score (nSPS) is 26.2. The van der Waals surface area contributed by atoms with Crippen LogP contribution in [-0.4, -0.2) is 29.0 Å². The lowest BCUT2D eigenvalue weighted by Crippen LogP contribution is -2.40. The maximum atomic E-state index is 10.7. The fraction of sp³-hybridized carbons (Fsp3) is 0.500. The predicted molar refractivity (Wildman–Crippen MR) is 45.7 cm³/mol. The van der Waals surface area contributed by atoms with Crippen LogP contribution in [0.15, 0.2) is 24.3 Å². The van der Waals surface area contributed by atoms with Crippen LogP contribution < -0.4 is 0 Å². The number of hydrogen-bond donors (Lipinski definition) is 1. The van der Waals surface area contributed by atoms with E-state index < -0.39 is 10.6 Å². The first kappa shape index (κ1) is 9.88. The molecule has 0 saturated heterocycles. The van der Waals surface area contributed by atoms with E-state index in [-0.39, 0.29) is 19.6 Å². The topological polar surface area (TPSA) is 72.6 Å². The van der Waals surface area contributed by atoms with E-state index >= 15 is 0 Å². The van der Waals surface area contributed by atoms with Crippen LogP contribution in [0.3, 0.4) is 0 Å². The lowest BCUT2D eigenvalue weighted by molar-refractivity contribution is -0.613. The van der Waals surface area contributed by atoms with Crippen LogP contribution in [0.5, 0.6) is 0 Å². The summed E-state index contributed by atoms with van der Waals surface area (Å²) in [5, 5.41) is 19.2. The standard InChI is InChI=1S/C8H11NO4/c10-6-7-13-8(9(11)12)4-2-1-3-5-8/h1-4,10H,5-7H2. The van der Waals surface area contributed by atoms with Crippen LogP contribution in [-0.2, 0) is 4.74 Å².